The Bertz CT molecular complexity index is 1100. The van der Waals surface area contributed by atoms with E-state index in [-0.39, 0.29) is 22.9 Å². The molecule has 1 atom stereocenters. The number of hydrogen-bond acceptors (Lipinski definition) is 8. The Morgan fingerprint density at radius 1 is 1.18 bits per heavy atom. The van der Waals surface area contributed by atoms with Crippen LogP contribution in [0.2, 0.25) is 0 Å². The minimum atomic E-state index is -0.537. The second-order valence-electron chi connectivity index (χ2n) is 8.82. The SMILES string of the molecule is COC(=O)c1c(C)cc(N2CCN(C(=O)c3c[nH]c(=O)c([C@@H](C)OC)n3)C(C)(C)C2)nc1C. The van der Waals surface area contributed by atoms with Crippen LogP contribution in [0.3, 0.4) is 0 Å². The summed E-state index contributed by atoms with van der Waals surface area (Å²) in [5.41, 5.74) is 1.29. The molecule has 10 nitrogen and oxygen atoms in total. The summed E-state index contributed by atoms with van der Waals surface area (Å²) >= 11 is 0. The molecule has 33 heavy (non-hydrogen) atoms. The summed E-state index contributed by atoms with van der Waals surface area (Å²) in [6.45, 7) is 10.8. The second-order valence-corrected chi connectivity index (χ2v) is 8.82. The second kappa shape index (κ2) is 9.30. The van der Waals surface area contributed by atoms with Crippen molar-refractivity contribution in [3.8, 4) is 0 Å². The molecule has 1 amide bonds. The molecule has 0 aliphatic carbocycles. The first kappa shape index (κ1) is 24.4. The lowest BCUT2D eigenvalue weighted by molar-refractivity contribution is 0.0503. The molecule has 0 radical (unpaired) electrons. The highest BCUT2D eigenvalue weighted by Crippen LogP contribution is 2.28. The van der Waals surface area contributed by atoms with Crippen molar-refractivity contribution >= 4 is 17.7 Å². The van der Waals surface area contributed by atoms with Crippen LogP contribution in [0.15, 0.2) is 17.1 Å². The summed E-state index contributed by atoms with van der Waals surface area (Å²) in [6.07, 6.45) is 0.815. The van der Waals surface area contributed by atoms with Crippen LogP contribution in [0.5, 0.6) is 0 Å². The Morgan fingerprint density at radius 2 is 1.88 bits per heavy atom. The third-order valence-corrected chi connectivity index (χ3v) is 6.02. The van der Waals surface area contributed by atoms with Gasteiger partial charge in [-0.25, -0.2) is 14.8 Å². The van der Waals surface area contributed by atoms with Gasteiger partial charge >= 0.3 is 5.97 Å². The molecule has 0 unspecified atom stereocenters. The number of nitrogens with zero attached hydrogens (tertiary/aromatic N) is 4. The minimum absolute atomic E-state index is 0.167. The Balaban J connectivity index is 1.84. The van der Waals surface area contributed by atoms with Gasteiger partial charge in [0, 0.05) is 32.9 Å². The van der Waals surface area contributed by atoms with Gasteiger partial charge in [0.15, 0.2) is 0 Å². The van der Waals surface area contributed by atoms with E-state index in [1.807, 2.05) is 26.8 Å². The Kier molecular flexibility index (Phi) is 6.87. The topological polar surface area (TPSA) is 118 Å². The Hall–Kier alpha value is -3.27. The van der Waals surface area contributed by atoms with Crippen molar-refractivity contribution in [3.63, 3.8) is 0 Å². The molecule has 10 heteroatoms. The molecule has 1 fully saturated rings. The zero-order chi connectivity index (χ0) is 24.5. The van der Waals surface area contributed by atoms with E-state index in [4.69, 9.17) is 9.47 Å². The number of aromatic amines is 1. The molecule has 2 aromatic heterocycles. The average molecular weight is 458 g/mol. The van der Waals surface area contributed by atoms with Crippen LogP contribution in [0.1, 0.15) is 64.7 Å². The number of amides is 1. The lowest BCUT2D eigenvalue weighted by Gasteiger charge is -2.47. The molecule has 3 heterocycles. The van der Waals surface area contributed by atoms with E-state index < -0.39 is 17.6 Å². The number of aromatic nitrogens is 3. The van der Waals surface area contributed by atoms with E-state index in [1.165, 1.54) is 20.4 Å². The molecule has 178 valence electrons. The fourth-order valence-corrected chi connectivity index (χ4v) is 4.17. The van der Waals surface area contributed by atoms with Gasteiger partial charge in [-0.3, -0.25) is 9.59 Å². The maximum atomic E-state index is 13.3. The van der Waals surface area contributed by atoms with Gasteiger partial charge in [0.1, 0.15) is 23.3 Å². The first-order valence-electron chi connectivity index (χ1n) is 10.8. The van der Waals surface area contributed by atoms with Crippen molar-refractivity contribution in [2.45, 2.75) is 46.3 Å². The van der Waals surface area contributed by atoms with E-state index in [1.54, 1.807) is 18.7 Å². The molecule has 1 aliphatic rings. The number of esters is 1. The van der Waals surface area contributed by atoms with Gasteiger partial charge in [0.2, 0.25) is 0 Å². The number of piperazine rings is 1. The smallest absolute Gasteiger partial charge is 0.339 e. The van der Waals surface area contributed by atoms with Crippen molar-refractivity contribution in [1.82, 2.24) is 19.9 Å². The zero-order valence-corrected chi connectivity index (χ0v) is 20.2. The fourth-order valence-electron chi connectivity index (χ4n) is 4.17. The number of carbonyl (C=O) groups is 2. The van der Waals surface area contributed by atoms with E-state index in [9.17, 15) is 14.4 Å². The Morgan fingerprint density at radius 3 is 2.45 bits per heavy atom. The molecule has 2 aromatic rings. The predicted octanol–water partition coefficient (Wildman–Crippen LogP) is 2.02. The minimum Gasteiger partial charge on any atom is -0.465 e. The van der Waals surface area contributed by atoms with Crippen LogP contribution in [-0.4, -0.2) is 71.1 Å². The first-order valence-corrected chi connectivity index (χ1v) is 10.8. The van der Waals surface area contributed by atoms with Crippen LogP contribution in [0.25, 0.3) is 0 Å². The number of methoxy groups -OCH3 is 2. The number of nitrogens with one attached hydrogen (secondary N) is 1. The van der Waals surface area contributed by atoms with Gasteiger partial charge in [0.05, 0.1) is 23.9 Å². The lowest BCUT2D eigenvalue weighted by atomic mass is 9.97. The zero-order valence-electron chi connectivity index (χ0n) is 20.2. The van der Waals surface area contributed by atoms with E-state index in [2.05, 4.69) is 19.9 Å². The number of H-pyrrole nitrogens is 1. The highest BCUT2D eigenvalue weighted by Gasteiger charge is 2.38. The summed E-state index contributed by atoms with van der Waals surface area (Å²) in [5, 5.41) is 0. The fraction of sp³-hybridized carbons (Fsp3) is 0.522. The summed E-state index contributed by atoms with van der Waals surface area (Å²) in [6, 6.07) is 1.87. The molecular formula is C23H31N5O5. The average Bonchev–Trinajstić information content (AvgIpc) is 2.77. The van der Waals surface area contributed by atoms with Crippen LogP contribution in [-0.2, 0) is 9.47 Å². The number of anilines is 1. The number of rotatable bonds is 5. The summed E-state index contributed by atoms with van der Waals surface area (Å²) < 4.78 is 10.1. The highest BCUT2D eigenvalue weighted by atomic mass is 16.5. The molecule has 1 N–H and O–H groups in total. The molecule has 0 saturated carbocycles. The third-order valence-electron chi connectivity index (χ3n) is 6.02. The van der Waals surface area contributed by atoms with Gasteiger partial charge in [-0.1, -0.05) is 0 Å². The number of aryl methyl sites for hydroxylation is 2. The molecule has 1 aliphatic heterocycles. The largest absolute Gasteiger partial charge is 0.465 e. The predicted molar refractivity (Wildman–Crippen MR) is 123 cm³/mol. The van der Waals surface area contributed by atoms with Gasteiger partial charge < -0.3 is 24.3 Å². The van der Waals surface area contributed by atoms with E-state index in [0.717, 1.165) is 11.4 Å². The molecule has 0 spiro atoms. The number of hydrogen-bond donors (Lipinski definition) is 1. The van der Waals surface area contributed by atoms with Crippen LogP contribution in [0.4, 0.5) is 5.82 Å². The summed E-state index contributed by atoms with van der Waals surface area (Å²) in [4.78, 5) is 52.8. The van der Waals surface area contributed by atoms with Gasteiger partial charge in [-0.15, -0.1) is 0 Å². The summed E-state index contributed by atoms with van der Waals surface area (Å²) in [7, 11) is 2.84. The monoisotopic (exact) mass is 457 g/mol. The first-order chi connectivity index (χ1) is 15.5. The standard InChI is InChI=1S/C23H31N5O5/c1-13-10-17(25-14(2)18(13)22(31)33-7)27-8-9-28(23(4,5)12-27)21(30)16-11-24-20(29)19(26-16)15(3)32-6/h10-11,15H,8-9,12H2,1-7H3,(H,24,29)/t15-/m1/s1. The van der Waals surface area contributed by atoms with Gasteiger partial charge in [0.25, 0.3) is 11.5 Å². The number of ether oxygens (including phenoxy) is 2. The molecule has 3 rings (SSSR count). The molecule has 1 saturated heterocycles. The van der Waals surface area contributed by atoms with Gasteiger partial charge in [-0.05, 0) is 46.2 Å². The Labute approximate surface area is 192 Å². The maximum absolute atomic E-state index is 13.3. The van der Waals surface area contributed by atoms with Crippen LogP contribution in [0, 0.1) is 13.8 Å². The molecular weight excluding hydrogens is 426 g/mol. The molecule has 0 bridgehead atoms. The normalized spacial score (nSPS) is 16.5. The summed E-state index contributed by atoms with van der Waals surface area (Å²) in [5.74, 6) is 0.0772. The van der Waals surface area contributed by atoms with Crippen LogP contribution >= 0.6 is 0 Å². The van der Waals surface area contributed by atoms with Crippen LogP contribution < -0.4 is 10.5 Å². The quantitative estimate of drug-likeness (QED) is 0.678. The van der Waals surface area contributed by atoms with Crippen molar-refractivity contribution < 1.29 is 19.1 Å². The third kappa shape index (κ3) is 4.75. The number of pyridine rings is 1. The van der Waals surface area contributed by atoms with Crippen molar-refractivity contribution in [2.75, 3.05) is 38.8 Å². The highest BCUT2D eigenvalue weighted by molar-refractivity contribution is 5.93. The van der Waals surface area contributed by atoms with Gasteiger partial charge in [-0.2, -0.15) is 0 Å². The maximum Gasteiger partial charge on any atom is 0.339 e. The van der Waals surface area contributed by atoms with E-state index in [0.29, 0.717) is 30.9 Å². The lowest BCUT2D eigenvalue weighted by Crippen LogP contribution is -2.61. The number of carbonyl (C=O) groups excluding carboxylic acids is 2. The van der Waals surface area contributed by atoms with Crippen molar-refractivity contribution in [3.05, 3.63) is 50.8 Å². The van der Waals surface area contributed by atoms with Crippen molar-refractivity contribution in [2.24, 2.45) is 0 Å². The molecule has 0 aromatic carbocycles. The van der Waals surface area contributed by atoms with E-state index >= 15 is 0 Å². The van der Waals surface area contributed by atoms with Crippen molar-refractivity contribution in [1.29, 1.82) is 0 Å².